The second-order valence-corrected chi connectivity index (χ2v) is 5.31. The lowest BCUT2D eigenvalue weighted by Crippen LogP contribution is -2.32. The van der Waals surface area contributed by atoms with Crippen molar-refractivity contribution in [2.45, 2.75) is 33.2 Å². The fourth-order valence-electron chi connectivity index (χ4n) is 1.98. The Bertz CT molecular complexity index is 547. The van der Waals surface area contributed by atoms with Crippen LogP contribution in [0.3, 0.4) is 0 Å². The van der Waals surface area contributed by atoms with Gasteiger partial charge in [0.15, 0.2) is 5.82 Å². The molecule has 104 valence electrons. The highest BCUT2D eigenvalue weighted by molar-refractivity contribution is 5.63. The minimum atomic E-state index is 0.210. The third-order valence-corrected chi connectivity index (χ3v) is 3.49. The quantitative estimate of drug-likeness (QED) is 0.877. The van der Waals surface area contributed by atoms with Crippen molar-refractivity contribution in [1.29, 1.82) is 0 Å². The van der Waals surface area contributed by atoms with E-state index in [1.165, 1.54) is 0 Å². The Kier molecular flexibility index (Phi) is 3.99. The van der Waals surface area contributed by atoms with E-state index in [9.17, 15) is 0 Å². The number of anilines is 1. The van der Waals surface area contributed by atoms with Gasteiger partial charge < -0.3 is 10.6 Å². The van der Waals surface area contributed by atoms with Gasteiger partial charge in [0, 0.05) is 32.0 Å². The first-order chi connectivity index (χ1) is 9.00. The van der Waals surface area contributed by atoms with Gasteiger partial charge in [-0.05, 0) is 19.3 Å². The summed E-state index contributed by atoms with van der Waals surface area (Å²) in [5.74, 6) is 2.21. The summed E-state index contributed by atoms with van der Waals surface area (Å²) in [5, 5.41) is 8.26. The van der Waals surface area contributed by atoms with Crippen molar-refractivity contribution in [3.8, 4) is 0 Å². The van der Waals surface area contributed by atoms with Gasteiger partial charge in [-0.15, -0.1) is 10.2 Å². The lowest BCUT2D eigenvalue weighted by molar-refractivity contribution is 0.466. The summed E-state index contributed by atoms with van der Waals surface area (Å²) >= 11 is 0. The summed E-state index contributed by atoms with van der Waals surface area (Å²) < 4.78 is 1.95. The van der Waals surface area contributed by atoms with Crippen LogP contribution in [0.2, 0.25) is 0 Å². The SMILES string of the molecule is Cc1nnc2c(N(C)CCC(N)C(C)C)nccn12. The Balaban J connectivity index is 2.15. The van der Waals surface area contributed by atoms with Gasteiger partial charge in [0.25, 0.3) is 0 Å². The molecule has 0 bridgehead atoms. The van der Waals surface area contributed by atoms with Crippen LogP contribution >= 0.6 is 0 Å². The van der Waals surface area contributed by atoms with Gasteiger partial charge in [0.1, 0.15) is 5.82 Å². The van der Waals surface area contributed by atoms with Crippen LogP contribution in [-0.4, -0.2) is 39.2 Å². The van der Waals surface area contributed by atoms with Crippen molar-refractivity contribution in [2.75, 3.05) is 18.5 Å². The predicted molar refractivity (Wildman–Crippen MR) is 76.2 cm³/mol. The van der Waals surface area contributed by atoms with Crippen molar-refractivity contribution >= 4 is 11.5 Å². The van der Waals surface area contributed by atoms with Crippen LogP contribution in [0, 0.1) is 12.8 Å². The molecule has 6 nitrogen and oxygen atoms in total. The highest BCUT2D eigenvalue weighted by Crippen LogP contribution is 2.16. The number of aromatic nitrogens is 4. The maximum Gasteiger partial charge on any atom is 0.203 e. The fourth-order valence-corrected chi connectivity index (χ4v) is 1.98. The van der Waals surface area contributed by atoms with Crippen LogP contribution in [-0.2, 0) is 0 Å². The zero-order valence-electron chi connectivity index (χ0n) is 12.0. The summed E-state index contributed by atoms with van der Waals surface area (Å²) in [6.07, 6.45) is 4.59. The molecular formula is C13H22N6. The van der Waals surface area contributed by atoms with E-state index < -0.39 is 0 Å². The van der Waals surface area contributed by atoms with Crippen LogP contribution in [0.25, 0.3) is 5.65 Å². The Labute approximate surface area is 113 Å². The Morgan fingerprint density at radius 1 is 1.37 bits per heavy atom. The first kappa shape index (κ1) is 13.7. The van der Waals surface area contributed by atoms with E-state index in [-0.39, 0.29) is 6.04 Å². The molecular weight excluding hydrogens is 240 g/mol. The molecule has 0 aliphatic heterocycles. The Morgan fingerprint density at radius 2 is 2.11 bits per heavy atom. The molecule has 1 unspecified atom stereocenters. The van der Waals surface area contributed by atoms with Crippen LogP contribution in [0.15, 0.2) is 12.4 Å². The molecule has 6 heteroatoms. The fraction of sp³-hybridized carbons (Fsp3) is 0.615. The van der Waals surface area contributed by atoms with Crippen molar-refractivity contribution in [3.63, 3.8) is 0 Å². The number of nitrogens with two attached hydrogens (primary N) is 1. The minimum absolute atomic E-state index is 0.210. The van der Waals surface area contributed by atoms with E-state index in [4.69, 9.17) is 5.73 Å². The van der Waals surface area contributed by atoms with Gasteiger partial charge in [-0.2, -0.15) is 0 Å². The van der Waals surface area contributed by atoms with Crippen molar-refractivity contribution in [2.24, 2.45) is 11.7 Å². The van der Waals surface area contributed by atoms with E-state index in [2.05, 4.69) is 33.9 Å². The first-order valence-electron chi connectivity index (χ1n) is 6.63. The van der Waals surface area contributed by atoms with Gasteiger partial charge in [-0.3, -0.25) is 4.40 Å². The molecule has 0 aromatic carbocycles. The lowest BCUT2D eigenvalue weighted by atomic mass is 10.0. The largest absolute Gasteiger partial charge is 0.356 e. The zero-order valence-corrected chi connectivity index (χ0v) is 12.0. The summed E-state index contributed by atoms with van der Waals surface area (Å²) in [4.78, 5) is 6.49. The molecule has 0 amide bonds. The third-order valence-electron chi connectivity index (χ3n) is 3.49. The average molecular weight is 262 g/mol. The molecule has 2 aromatic rings. The molecule has 0 aliphatic rings. The van der Waals surface area contributed by atoms with Crippen LogP contribution in [0.4, 0.5) is 5.82 Å². The van der Waals surface area contributed by atoms with Crippen LogP contribution < -0.4 is 10.6 Å². The molecule has 2 rings (SSSR count). The molecule has 0 saturated heterocycles. The number of nitrogens with zero attached hydrogens (tertiary/aromatic N) is 5. The van der Waals surface area contributed by atoms with E-state index in [0.29, 0.717) is 5.92 Å². The topological polar surface area (TPSA) is 72.3 Å². The Hall–Kier alpha value is -1.69. The molecule has 19 heavy (non-hydrogen) atoms. The summed E-state index contributed by atoms with van der Waals surface area (Å²) in [5.41, 5.74) is 6.87. The van der Waals surface area contributed by atoms with E-state index in [1.54, 1.807) is 6.20 Å². The number of fused-ring (bicyclic) bond motifs is 1. The van der Waals surface area contributed by atoms with E-state index >= 15 is 0 Å². The molecule has 0 aliphatic carbocycles. The monoisotopic (exact) mass is 262 g/mol. The normalized spacial score (nSPS) is 13.2. The molecule has 2 N–H and O–H groups in total. The standard InChI is InChI=1S/C13H22N6/c1-9(2)11(14)5-7-18(4)12-13-17-16-10(3)19(13)8-6-15-12/h6,8-9,11H,5,7,14H2,1-4H3. The second-order valence-electron chi connectivity index (χ2n) is 5.31. The smallest absolute Gasteiger partial charge is 0.203 e. The molecule has 0 spiro atoms. The van der Waals surface area contributed by atoms with Gasteiger partial charge in [0.2, 0.25) is 5.65 Å². The van der Waals surface area contributed by atoms with E-state index in [1.807, 2.05) is 24.6 Å². The molecule has 2 heterocycles. The molecule has 0 saturated carbocycles. The van der Waals surface area contributed by atoms with Crippen LogP contribution in [0.1, 0.15) is 26.1 Å². The highest BCUT2D eigenvalue weighted by atomic mass is 15.3. The average Bonchev–Trinajstić information content (AvgIpc) is 2.77. The maximum atomic E-state index is 6.08. The van der Waals surface area contributed by atoms with Gasteiger partial charge in [-0.25, -0.2) is 4.98 Å². The third kappa shape index (κ3) is 2.84. The van der Waals surface area contributed by atoms with Gasteiger partial charge in [0.05, 0.1) is 0 Å². The lowest BCUT2D eigenvalue weighted by Gasteiger charge is -2.22. The second kappa shape index (κ2) is 5.52. The zero-order chi connectivity index (χ0) is 14.0. The number of aryl methyl sites for hydroxylation is 1. The number of hydrogen-bond donors (Lipinski definition) is 1. The molecule has 0 fully saturated rings. The summed E-state index contributed by atoms with van der Waals surface area (Å²) in [6, 6.07) is 0.210. The molecule has 2 aromatic heterocycles. The first-order valence-corrected chi connectivity index (χ1v) is 6.63. The highest BCUT2D eigenvalue weighted by Gasteiger charge is 2.14. The van der Waals surface area contributed by atoms with Gasteiger partial charge >= 0.3 is 0 Å². The van der Waals surface area contributed by atoms with Crippen molar-refractivity contribution in [1.82, 2.24) is 19.6 Å². The predicted octanol–water partition coefficient (Wildman–Crippen LogP) is 1.24. The van der Waals surface area contributed by atoms with Crippen molar-refractivity contribution < 1.29 is 0 Å². The maximum absolute atomic E-state index is 6.08. The molecule has 1 atom stereocenters. The van der Waals surface area contributed by atoms with Crippen molar-refractivity contribution in [3.05, 3.63) is 18.2 Å². The Morgan fingerprint density at radius 3 is 2.79 bits per heavy atom. The van der Waals surface area contributed by atoms with Crippen LogP contribution in [0.5, 0.6) is 0 Å². The molecule has 0 radical (unpaired) electrons. The number of hydrogen-bond acceptors (Lipinski definition) is 5. The van der Waals surface area contributed by atoms with E-state index in [0.717, 1.165) is 30.3 Å². The van der Waals surface area contributed by atoms with Gasteiger partial charge in [-0.1, -0.05) is 13.8 Å². The number of rotatable bonds is 5. The summed E-state index contributed by atoms with van der Waals surface area (Å²) in [7, 11) is 2.01. The summed E-state index contributed by atoms with van der Waals surface area (Å²) in [6.45, 7) is 7.08. The minimum Gasteiger partial charge on any atom is -0.356 e.